The van der Waals surface area contributed by atoms with E-state index in [1.807, 2.05) is 13.0 Å². The largest absolute Gasteiger partial charge is 0.305 e. The molecule has 0 unspecified atom stereocenters. The lowest BCUT2D eigenvalue weighted by Crippen LogP contribution is -2.23. The molecule has 0 fully saturated rings. The van der Waals surface area contributed by atoms with Gasteiger partial charge >= 0.3 is 0 Å². The first-order valence-electron chi connectivity index (χ1n) is 5.42. The maximum absolute atomic E-state index is 12.4. The van der Waals surface area contributed by atoms with Crippen molar-refractivity contribution >= 4 is 57.6 Å². The lowest BCUT2D eigenvalue weighted by Gasteiger charge is -2.14. The van der Waals surface area contributed by atoms with Crippen LogP contribution in [0.25, 0.3) is 0 Å². The average molecular weight is 489 g/mol. The van der Waals surface area contributed by atoms with Gasteiger partial charge in [-0.15, -0.1) is 0 Å². The highest BCUT2D eigenvalue weighted by atomic mass is 80.0. The topological polar surface area (TPSA) is 99.5 Å². The van der Waals surface area contributed by atoms with Crippen LogP contribution in [0, 0.1) is 22.7 Å². The van der Waals surface area contributed by atoms with Gasteiger partial charge in [-0.3, -0.25) is 0 Å². The Balaban J connectivity index is 3.60. The number of imidazole rings is 1. The van der Waals surface area contributed by atoms with Gasteiger partial charge in [-0.1, -0.05) is 13.3 Å². The van der Waals surface area contributed by atoms with Crippen molar-refractivity contribution in [1.82, 2.24) is 9.55 Å². The van der Waals surface area contributed by atoms with Crippen molar-refractivity contribution in [1.29, 1.82) is 10.5 Å². The highest BCUT2D eigenvalue weighted by molar-refractivity contribution is 9.42. The molecule has 0 spiro atoms. The molecule has 1 heterocycles. The second-order valence-corrected chi connectivity index (χ2v) is 14.1. The molecule has 0 radical (unpaired) electrons. The van der Waals surface area contributed by atoms with Gasteiger partial charge in [0.2, 0.25) is 16.5 Å². The monoisotopic (exact) mass is 486 g/mol. The van der Waals surface area contributed by atoms with Crippen molar-refractivity contribution in [2.75, 3.05) is 0 Å². The molecule has 0 saturated heterocycles. The zero-order valence-corrected chi connectivity index (χ0v) is 15.8. The van der Waals surface area contributed by atoms with Gasteiger partial charge in [0.25, 0.3) is 0 Å². The Labute approximate surface area is 142 Å². The quantitative estimate of drug-likeness (QED) is 0.606. The van der Waals surface area contributed by atoms with Crippen LogP contribution >= 0.6 is 47.8 Å². The molecule has 0 aliphatic rings. The molecule has 1 rings (SSSR count). The molecule has 0 amide bonds. The van der Waals surface area contributed by atoms with Crippen molar-refractivity contribution in [3.63, 3.8) is 0 Å². The number of nitrogens with zero attached hydrogens (tertiary/aromatic N) is 4. The molecule has 1 aromatic rings. The van der Waals surface area contributed by atoms with Crippen molar-refractivity contribution in [3.05, 3.63) is 11.4 Å². The number of nitriles is 2. The Morgan fingerprint density at radius 3 is 2.30 bits per heavy atom. The molecular formula is C10H9Br3N4O2S. The maximum atomic E-state index is 12.4. The highest BCUT2D eigenvalue weighted by Crippen LogP contribution is 2.43. The van der Waals surface area contributed by atoms with Gasteiger partial charge in [0.1, 0.15) is 12.1 Å². The number of hydrogen-bond acceptors (Lipinski definition) is 5. The van der Waals surface area contributed by atoms with Crippen LogP contribution in [0.3, 0.4) is 0 Å². The SMILES string of the molecule is CCCCn1c(S(=O)(=O)C(Br)(Br)Br)nc(C#N)c1C#N. The molecule has 108 valence electrons. The Hall–Kier alpha value is -0.420. The first kappa shape index (κ1) is 17.6. The maximum Gasteiger partial charge on any atom is 0.247 e. The third-order valence-corrected chi connectivity index (χ3v) is 7.66. The summed E-state index contributed by atoms with van der Waals surface area (Å²) in [6.07, 6.45) is 1.48. The van der Waals surface area contributed by atoms with E-state index in [4.69, 9.17) is 10.5 Å². The lowest BCUT2D eigenvalue weighted by atomic mass is 10.3. The molecule has 0 atom stereocenters. The molecule has 0 N–H and O–H groups in total. The summed E-state index contributed by atoms with van der Waals surface area (Å²) in [4.78, 5) is 3.79. The van der Waals surface area contributed by atoms with Crippen molar-refractivity contribution < 1.29 is 8.42 Å². The van der Waals surface area contributed by atoms with E-state index in [2.05, 4.69) is 52.8 Å². The van der Waals surface area contributed by atoms with Crippen LogP contribution in [0.15, 0.2) is 5.16 Å². The summed E-state index contributed by atoms with van der Waals surface area (Å²) in [6.45, 7) is 2.23. The number of halogens is 3. The molecule has 1 aromatic heterocycles. The van der Waals surface area contributed by atoms with Crippen LogP contribution in [-0.2, 0) is 16.4 Å². The predicted molar refractivity (Wildman–Crippen MR) is 83.3 cm³/mol. The third kappa shape index (κ3) is 3.25. The van der Waals surface area contributed by atoms with Gasteiger partial charge in [-0.25, -0.2) is 13.4 Å². The highest BCUT2D eigenvalue weighted by Gasteiger charge is 2.42. The van der Waals surface area contributed by atoms with Gasteiger partial charge in [0, 0.05) is 6.54 Å². The minimum Gasteiger partial charge on any atom is -0.305 e. The van der Waals surface area contributed by atoms with Gasteiger partial charge in [0.15, 0.2) is 11.4 Å². The fraction of sp³-hybridized carbons (Fsp3) is 0.500. The van der Waals surface area contributed by atoms with E-state index in [0.29, 0.717) is 13.0 Å². The number of alkyl halides is 3. The smallest absolute Gasteiger partial charge is 0.247 e. The molecule has 0 saturated carbocycles. The van der Waals surface area contributed by atoms with E-state index in [-0.39, 0.29) is 16.5 Å². The van der Waals surface area contributed by atoms with E-state index < -0.39 is 11.3 Å². The van der Waals surface area contributed by atoms with E-state index >= 15 is 0 Å². The van der Waals surface area contributed by atoms with Crippen LogP contribution < -0.4 is 0 Å². The number of sulfone groups is 1. The van der Waals surface area contributed by atoms with Crippen LogP contribution in [0.4, 0.5) is 0 Å². The summed E-state index contributed by atoms with van der Waals surface area (Å²) in [7, 11) is -3.96. The predicted octanol–water partition coefficient (Wildman–Crippen LogP) is 3.00. The Morgan fingerprint density at radius 1 is 1.30 bits per heavy atom. The molecule has 0 aromatic carbocycles. The van der Waals surface area contributed by atoms with Gasteiger partial charge in [-0.05, 0) is 54.2 Å². The normalized spacial score (nSPS) is 11.9. The van der Waals surface area contributed by atoms with Crippen LogP contribution in [0.1, 0.15) is 31.2 Å². The van der Waals surface area contributed by atoms with Crippen LogP contribution in [-0.4, -0.2) is 19.4 Å². The number of unbranched alkanes of at least 4 members (excludes halogenated alkanes) is 1. The fourth-order valence-corrected chi connectivity index (χ4v) is 3.65. The second-order valence-electron chi connectivity index (χ2n) is 3.77. The molecule has 10 heteroatoms. The molecule has 6 nitrogen and oxygen atoms in total. The Kier molecular flexibility index (Phi) is 5.79. The Morgan fingerprint density at radius 2 is 1.90 bits per heavy atom. The first-order valence-corrected chi connectivity index (χ1v) is 9.29. The molecule has 0 aliphatic carbocycles. The van der Waals surface area contributed by atoms with E-state index in [9.17, 15) is 8.42 Å². The second kappa shape index (κ2) is 6.56. The summed E-state index contributed by atoms with van der Waals surface area (Å²) in [5, 5.41) is 17.8. The van der Waals surface area contributed by atoms with Gasteiger partial charge in [0.05, 0.1) is 0 Å². The Bertz CT molecular complexity index is 692. The van der Waals surface area contributed by atoms with E-state index in [1.54, 1.807) is 6.07 Å². The van der Waals surface area contributed by atoms with E-state index in [0.717, 1.165) is 6.42 Å². The van der Waals surface area contributed by atoms with Crippen molar-refractivity contribution in [2.45, 2.75) is 32.9 Å². The van der Waals surface area contributed by atoms with Crippen LogP contribution in [0.5, 0.6) is 0 Å². The molecule has 20 heavy (non-hydrogen) atoms. The van der Waals surface area contributed by atoms with Crippen molar-refractivity contribution in [2.24, 2.45) is 0 Å². The molecule has 0 bridgehead atoms. The molecule has 0 aliphatic heterocycles. The van der Waals surface area contributed by atoms with Gasteiger partial charge < -0.3 is 4.57 Å². The van der Waals surface area contributed by atoms with E-state index in [1.165, 1.54) is 4.57 Å². The summed E-state index contributed by atoms with van der Waals surface area (Å²) in [5.74, 6) is 0. The zero-order valence-electron chi connectivity index (χ0n) is 10.3. The van der Waals surface area contributed by atoms with Crippen molar-refractivity contribution in [3.8, 4) is 12.1 Å². The summed E-state index contributed by atoms with van der Waals surface area (Å²) in [6, 6.07) is 3.58. The lowest BCUT2D eigenvalue weighted by molar-refractivity contribution is 0.544. The number of aromatic nitrogens is 2. The summed E-state index contributed by atoms with van der Waals surface area (Å²) < 4.78 is 24.4. The number of rotatable bonds is 4. The third-order valence-electron chi connectivity index (χ3n) is 2.42. The molecular weight excluding hydrogens is 480 g/mol. The minimum absolute atomic E-state index is 0.0451. The summed E-state index contributed by atoms with van der Waals surface area (Å²) in [5.41, 5.74) is -0.241. The standard InChI is InChI=1S/C10H9Br3N4O2S/c1-2-3-4-17-8(6-15)7(5-14)16-9(17)20(18,19)10(11,12)13/h2-4H2,1H3. The fourth-order valence-electron chi connectivity index (χ4n) is 1.46. The summed E-state index contributed by atoms with van der Waals surface area (Å²) >= 11 is 8.83. The minimum atomic E-state index is -3.96. The van der Waals surface area contributed by atoms with Gasteiger partial charge in [-0.2, -0.15) is 10.5 Å². The first-order chi connectivity index (χ1) is 9.20. The number of hydrogen-bond donors (Lipinski definition) is 0. The average Bonchev–Trinajstić information content (AvgIpc) is 2.72. The zero-order chi connectivity index (χ0) is 15.6. The van der Waals surface area contributed by atoms with Crippen LogP contribution in [0.2, 0.25) is 0 Å².